The van der Waals surface area contributed by atoms with Gasteiger partial charge in [0.25, 0.3) is 11.7 Å². The fraction of sp³-hybridized carbons (Fsp3) is 0.308. The molecule has 1 aromatic heterocycles. The molecule has 2 rings (SSSR count). The molecule has 0 saturated carbocycles. The summed E-state index contributed by atoms with van der Waals surface area (Å²) in [6.07, 6.45) is 0.645. The molecule has 0 fully saturated rings. The average molecular weight is 260 g/mol. The molecule has 0 spiro atoms. The molecule has 2 aromatic rings. The maximum atomic E-state index is 11.6. The van der Waals surface area contributed by atoms with E-state index >= 15 is 0 Å². The quantitative estimate of drug-likeness (QED) is 0.842. The first-order valence-electron chi connectivity index (χ1n) is 6.06. The van der Waals surface area contributed by atoms with Gasteiger partial charge in [-0.3, -0.25) is 4.79 Å². The number of amides is 1. The zero-order chi connectivity index (χ0) is 13.7. The predicted octanol–water partition coefficient (Wildman–Crippen LogP) is 1.20. The number of nitrogens with zero attached hydrogens (tertiary/aromatic N) is 2. The lowest BCUT2D eigenvalue weighted by molar-refractivity contribution is 0.0939. The molecule has 3 N–H and O–H groups in total. The summed E-state index contributed by atoms with van der Waals surface area (Å²) in [4.78, 5) is 15.5. The number of hydrogen-bond donors (Lipinski definition) is 2. The van der Waals surface area contributed by atoms with Gasteiger partial charge in [-0.15, -0.1) is 0 Å². The first kappa shape index (κ1) is 13.2. The van der Waals surface area contributed by atoms with Crippen molar-refractivity contribution in [3.05, 3.63) is 47.6 Å². The van der Waals surface area contributed by atoms with E-state index in [0.717, 1.165) is 5.56 Å². The molecular weight excluding hydrogens is 244 g/mol. The van der Waals surface area contributed by atoms with Gasteiger partial charge in [0.15, 0.2) is 0 Å². The Bertz CT molecular complexity index is 539. The van der Waals surface area contributed by atoms with Crippen molar-refractivity contribution >= 4 is 5.91 Å². The SMILES string of the molecule is Cc1nc(C(=O)NCCC(N)c2ccccc2)no1. The van der Waals surface area contributed by atoms with Crippen LogP contribution in [0.4, 0.5) is 0 Å². The van der Waals surface area contributed by atoms with Gasteiger partial charge in [-0.1, -0.05) is 35.5 Å². The molecule has 0 bridgehead atoms. The van der Waals surface area contributed by atoms with Crippen molar-refractivity contribution in [3.8, 4) is 0 Å². The third-order valence-corrected chi connectivity index (χ3v) is 2.70. The normalized spacial score (nSPS) is 12.1. The van der Waals surface area contributed by atoms with Gasteiger partial charge >= 0.3 is 0 Å². The van der Waals surface area contributed by atoms with E-state index in [0.29, 0.717) is 18.9 Å². The predicted molar refractivity (Wildman–Crippen MR) is 69.4 cm³/mol. The van der Waals surface area contributed by atoms with Crippen molar-refractivity contribution in [1.82, 2.24) is 15.5 Å². The second kappa shape index (κ2) is 6.10. The van der Waals surface area contributed by atoms with E-state index in [1.807, 2.05) is 30.3 Å². The first-order valence-corrected chi connectivity index (χ1v) is 6.06. The van der Waals surface area contributed by atoms with Gasteiger partial charge in [0.05, 0.1) is 0 Å². The number of nitrogens with one attached hydrogen (secondary N) is 1. The van der Waals surface area contributed by atoms with E-state index in [9.17, 15) is 4.79 Å². The summed E-state index contributed by atoms with van der Waals surface area (Å²) in [6, 6.07) is 9.65. The zero-order valence-corrected chi connectivity index (χ0v) is 10.7. The summed E-state index contributed by atoms with van der Waals surface area (Å²) < 4.78 is 4.74. The van der Waals surface area contributed by atoms with Crippen LogP contribution in [0.3, 0.4) is 0 Å². The maximum absolute atomic E-state index is 11.6. The summed E-state index contributed by atoms with van der Waals surface area (Å²) in [7, 11) is 0. The topological polar surface area (TPSA) is 94.0 Å². The molecule has 1 heterocycles. The molecule has 1 atom stereocenters. The monoisotopic (exact) mass is 260 g/mol. The van der Waals surface area contributed by atoms with Crippen LogP contribution in [0.25, 0.3) is 0 Å². The summed E-state index contributed by atoms with van der Waals surface area (Å²) in [6.45, 7) is 2.09. The van der Waals surface area contributed by atoms with E-state index in [4.69, 9.17) is 10.3 Å². The van der Waals surface area contributed by atoms with E-state index in [-0.39, 0.29) is 17.8 Å². The Morgan fingerprint density at radius 1 is 1.42 bits per heavy atom. The minimum atomic E-state index is -0.350. The molecule has 6 nitrogen and oxygen atoms in total. The molecule has 19 heavy (non-hydrogen) atoms. The Labute approximate surface area is 111 Å². The highest BCUT2D eigenvalue weighted by Crippen LogP contribution is 2.12. The van der Waals surface area contributed by atoms with E-state index in [1.165, 1.54) is 0 Å². The summed E-state index contributed by atoms with van der Waals surface area (Å²) in [5, 5.41) is 6.25. The van der Waals surface area contributed by atoms with E-state index in [2.05, 4.69) is 15.5 Å². The largest absolute Gasteiger partial charge is 0.349 e. The minimum Gasteiger partial charge on any atom is -0.349 e. The Morgan fingerprint density at radius 2 is 2.16 bits per heavy atom. The Hall–Kier alpha value is -2.21. The van der Waals surface area contributed by atoms with Crippen LogP contribution in [0.1, 0.15) is 34.5 Å². The van der Waals surface area contributed by atoms with E-state index < -0.39 is 0 Å². The van der Waals surface area contributed by atoms with Crippen molar-refractivity contribution in [2.75, 3.05) is 6.54 Å². The lowest BCUT2D eigenvalue weighted by Crippen LogP contribution is -2.28. The molecule has 1 amide bonds. The second-order valence-corrected chi connectivity index (χ2v) is 4.20. The number of aromatic nitrogens is 2. The second-order valence-electron chi connectivity index (χ2n) is 4.20. The Balaban J connectivity index is 1.79. The third kappa shape index (κ3) is 3.62. The van der Waals surface area contributed by atoms with Gasteiger partial charge in [-0.2, -0.15) is 4.98 Å². The van der Waals surface area contributed by atoms with Crippen LogP contribution in [0.5, 0.6) is 0 Å². The van der Waals surface area contributed by atoms with Gasteiger partial charge in [-0.25, -0.2) is 0 Å². The summed E-state index contributed by atoms with van der Waals surface area (Å²) >= 11 is 0. The molecule has 1 unspecified atom stereocenters. The molecular formula is C13H16N4O2. The molecule has 0 aliphatic carbocycles. The zero-order valence-electron chi connectivity index (χ0n) is 10.7. The summed E-state index contributed by atoms with van der Waals surface area (Å²) in [5.41, 5.74) is 7.07. The fourth-order valence-electron chi connectivity index (χ4n) is 1.68. The van der Waals surface area contributed by atoms with Gasteiger partial charge in [0.1, 0.15) is 0 Å². The highest BCUT2D eigenvalue weighted by atomic mass is 16.5. The van der Waals surface area contributed by atoms with Gasteiger partial charge in [0.2, 0.25) is 5.89 Å². The van der Waals surface area contributed by atoms with Crippen LogP contribution in [0.2, 0.25) is 0 Å². The number of benzene rings is 1. The van der Waals surface area contributed by atoms with Crippen LogP contribution in [-0.4, -0.2) is 22.6 Å². The number of nitrogens with two attached hydrogens (primary N) is 1. The van der Waals surface area contributed by atoms with Crippen molar-refractivity contribution in [2.45, 2.75) is 19.4 Å². The molecule has 0 saturated heterocycles. The molecule has 6 heteroatoms. The average Bonchev–Trinajstić information content (AvgIpc) is 2.86. The minimum absolute atomic E-state index is 0.0470. The van der Waals surface area contributed by atoms with Crippen LogP contribution in [0.15, 0.2) is 34.9 Å². The standard InChI is InChI=1S/C13H16N4O2/c1-9-16-12(17-19-9)13(18)15-8-7-11(14)10-5-3-2-4-6-10/h2-6,11H,7-8,14H2,1H3,(H,15,18). The van der Waals surface area contributed by atoms with E-state index in [1.54, 1.807) is 6.92 Å². The Kier molecular flexibility index (Phi) is 4.25. The van der Waals surface area contributed by atoms with Crippen molar-refractivity contribution in [1.29, 1.82) is 0 Å². The maximum Gasteiger partial charge on any atom is 0.292 e. The molecule has 100 valence electrons. The molecule has 0 radical (unpaired) electrons. The lowest BCUT2D eigenvalue weighted by atomic mass is 10.1. The number of carbonyl (C=O) groups excluding carboxylic acids is 1. The molecule has 0 aliphatic rings. The molecule has 0 aliphatic heterocycles. The first-order chi connectivity index (χ1) is 9.16. The van der Waals surface area contributed by atoms with Crippen LogP contribution < -0.4 is 11.1 Å². The van der Waals surface area contributed by atoms with Crippen LogP contribution in [0, 0.1) is 6.92 Å². The van der Waals surface area contributed by atoms with Gasteiger partial charge in [-0.05, 0) is 12.0 Å². The highest BCUT2D eigenvalue weighted by molar-refractivity contribution is 5.90. The van der Waals surface area contributed by atoms with Crippen molar-refractivity contribution in [2.24, 2.45) is 5.73 Å². The third-order valence-electron chi connectivity index (χ3n) is 2.70. The molecule has 1 aromatic carbocycles. The number of carbonyl (C=O) groups is 1. The van der Waals surface area contributed by atoms with Crippen LogP contribution >= 0.6 is 0 Å². The lowest BCUT2D eigenvalue weighted by Gasteiger charge is -2.11. The fourth-order valence-corrected chi connectivity index (χ4v) is 1.68. The van der Waals surface area contributed by atoms with Gasteiger partial charge in [0, 0.05) is 19.5 Å². The smallest absolute Gasteiger partial charge is 0.292 e. The van der Waals surface area contributed by atoms with Gasteiger partial charge < -0.3 is 15.6 Å². The number of rotatable bonds is 5. The summed E-state index contributed by atoms with van der Waals surface area (Å²) in [5.74, 6) is 0.0639. The Morgan fingerprint density at radius 3 is 2.79 bits per heavy atom. The van der Waals surface area contributed by atoms with Crippen molar-refractivity contribution < 1.29 is 9.32 Å². The number of aryl methyl sites for hydroxylation is 1. The van der Waals surface area contributed by atoms with Crippen LogP contribution in [-0.2, 0) is 0 Å². The number of hydrogen-bond acceptors (Lipinski definition) is 5. The van der Waals surface area contributed by atoms with Crippen molar-refractivity contribution in [3.63, 3.8) is 0 Å². The highest BCUT2D eigenvalue weighted by Gasteiger charge is 2.12.